The molecule has 2 saturated heterocycles. The summed E-state index contributed by atoms with van der Waals surface area (Å²) in [6.07, 6.45) is 4.13. The van der Waals surface area contributed by atoms with Crippen LogP contribution in [0, 0.1) is 11.7 Å². The fourth-order valence-corrected chi connectivity index (χ4v) is 3.66. The number of carbonyl (C=O) groups is 1. The predicted molar refractivity (Wildman–Crippen MR) is 88.6 cm³/mol. The highest BCUT2D eigenvalue weighted by atomic mass is 35.5. The number of alkyl halides is 1. The number of carbonyl (C=O) groups excluding carboxylic acids is 1. The van der Waals surface area contributed by atoms with Gasteiger partial charge in [-0.25, -0.2) is 9.82 Å². The average molecular weight is 340 g/mol. The minimum absolute atomic E-state index is 0.0986. The predicted octanol–water partition coefficient (Wildman–Crippen LogP) is 2.08. The summed E-state index contributed by atoms with van der Waals surface area (Å²) in [6, 6.07) is 6.37. The standard InChI is InChI=1S/C17H23ClFN3O/c18-15-10-20-21-16(15)17(23)22-9-1-2-13(11-22)4-3-12-5-7-14(19)8-6-12/h5-8,13,15-16,20-21H,1-4,9-11H2. The van der Waals surface area contributed by atoms with Crippen molar-refractivity contribution < 1.29 is 9.18 Å². The first-order valence-corrected chi connectivity index (χ1v) is 8.73. The van der Waals surface area contributed by atoms with Crippen LogP contribution in [0.2, 0.25) is 0 Å². The largest absolute Gasteiger partial charge is 0.341 e. The van der Waals surface area contributed by atoms with Crippen LogP contribution in [0.3, 0.4) is 0 Å². The zero-order chi connectivity index (χ0) is 16.2. The summed E-state index contributed by atoms with van der Waals surface area (Å²) in [4.78, 5) is 14.5. The molecule has 126 valence electrons. The molecule has 6 heteroatoms. The van der Waals surface area contributed by atoms with Gasteiger partial charge in [-0.1, -0.05) is 12.1 Å². The number of hydrogen-bond donors (Lipinski definition) is 2. The van der Waals surface area contributed by atoms with Crippen molar-refractivity contribution in [2.75, 3.05) is 19.6 Å². The Balaban J connectivity index is 1.51. The number of aryl methyl sites for hydroxylation is 1. The van der Waals surface area contributed by atoms with Crippen molar-refractivity contribution in [3.63, 3.8) is 0 Å². The van der Waals surface area contributed by atoms with E-state index in [2.05, 4.69) is 10.9 Å². The number of halogens is 2. The lowest BCUT2D eigenvalue weighted by Gasteiger charge is -2.34. The molecule has 3 unspecified atom stereocenters. The zero-order valence-electron chi connectivity index (χ0n) is 13.1. The van der Waals surface area contributed by atoms with E-state index < -0.39 is 0 Å². The van der Waals surface area contributed by atoms with E-state index in [1.165, 1.54) is 12.1 Å². The van der Waals surface area contributed by atoms with Gasteiger partial charge in [0.15, 0.2) is 0 Å². The molecule has 2 aliphatic rings. The van der Waals surface area contributed by atoms with Crippen molar-refractivity contribution in [1.82, 2.24) is 15.8 Å². The Morgan fingerprint density at radius 3 is 2.83 bits per heavy atom. The van der Waals surface area contributed by atoms with Crippen LogP contribution in [0.25, 0.3) is 0 Å². The molecule has 3 atom stereocenters. The Kier molecular flexibility index (Phi) is 5.51. The van der Waals surface area contributed by atoms with Crippen LogP contribution in [-0.2, 0) is 11.2 Å². The molecule has 0 bridgehead atoms. The first-order valence-electron chi connectivity index (χ1n) is 8.29. The Hall–Kier alpha value is -1.17. The Morgan fingerprint density at radius 2 is 2.13 bits per heavy atom. The summed E-state index contributed by atoms with van der Waals surface area (Å²) in [5.41, 5.74) is 7.07. The van der Waals surface area contributed by atoms with Gasteiger partial charge in [0, 0.05) is 19.6 Å². The Bertz CT molecular complexity index is 539. The zero-order valence-corrected chi connectivity index (χ0v) is 13.9. The van der Waals surface area contributed by atoms with Gasteiger partial charge in [-0.15, -0.1) is 11.6 Å². The molecule has 0 saturated carbocycles. The van der Waals surface area contributed by atoms with E-state index in [-0.39, 0.29) is 23.1 Å². The minimum atomic E-state index is -0.326. The Labute approximate surface area is 141 Å². The van der Waals surface area contributed by atoms with Crippen LogP contribution in [0.4, 0.5) is 4.39 Å². The Morgan fingerprint density at radius 1 is 1.35 bits per heavy atom. The second-order valence-electron chi connectivity index (χ2n) is 6.48. The van der Waals surface area contributed by atoms with Gasteiger partial charge in [0.05, 0.1) is 5.38 Å². The lowest BCUT2D eigenvalue weighted by Crippen LogP contribution is -2.51. The van der Waals surface area contributed by atoms with Gasteiger partial charge in [-0.05, 0) is 49.3 Å². The highest BCUT2D eigenvalue weighted by Gasteiger charge is 2.35. The van der Waals surface area contributed by atoms with E-state index in [0.717, 1.165) is 44.3 Å². The van der Waals surface area contributed by atoms with Crippen LogP contribution >= 0.6 is 11.6 Å². The number of hydrogen-bond acceptors (Lipinski definition) is 3. The van der Waals surface area contributed by atoms with Gasteiger partial charge in [0.2, 0.25) is 5.91 Å². The second-order valence-corrected chi connectivity index (χ2v) is 7.04. The molecule has 0 aromatic heterocycles. The normalized spacial score (nSPS) is 28.1. The number of nitrogens with one attached hydrogen (secondary N) is 2. The van der Waals surface area contributed by atoms with E-state index in [1.54, 1.807) is 0 Å². The number of hydrazine groups is 1. The molecule has 0 spiro atoms. The maximum Gasteiger partial charge on any atom is 0.242 e. The van der Waals surface area contributed by atoms with Crippen LogP contribution in [0.1, 0.15) is 24.8 Å². The van der Waals surface area contributed by atoms with E-state index in [9.17, 15) is 9.18 Å². The molecule has 1 aromatic rings. The van der Waals surface area contributed by atoms with Gasteiger partial charge >= 0.3 is 0 Å². The molecule has 2 heterocycles. The summed E-state index contributed by atoms with van der Waals surface area (Å²) < 4.78 is 12.9. The summed E-state index contributed by atoms with van der Waals surface area (Å²) in [5, 5.41) is -0.193. The molecular weight excluding hydrogens is 317 g/mol. The smallest absolute Gasteiger partial charge is 0.242 e. The monoisotopic (exact) mass is 339 g/mol. The summed E-state index contributed by atoms with van der Waals surface area (Å²) in [7, 11) is 0. The van der Waals surface area contributed by atoms with Gasteiger partial charge in [0.1, 0.15) is 11.9 Å². The third-order valence-electron chi connectivity index (χ3n) is 4.77. The number of rotatable bonds is 4. The fourth-order valence-electron chi connectivity index (χ4n) is 3.41. The first kappa shape index (κ1) is 16.7. The lowest BCUT2D eigenvalue weighted by atomic mass is 9.91. The number of benzene rings is 1. The number of nitrogens with zero attached hydrogens (tertiary/aromatic N) is 1. The van der Waals surface area contributed by atoms with Gasteiger partial charge in [0.25, 0.3) is 0 Å². The molecule has 2 N–H and O–H groups in total. The highest BCUT2D eigenvalue weighted by molar-refractivity contribution is 6.23. The average Bonchev–Trinajstić information content (AvgIpc) is 3.00. The number of likely N-dealkylation sites (tertiary alicyclic amines) is 1. The fraction of sp³-hybridized carbons (Fsp3) is 0.588. The molecule has 0 aliphatic carbocycles. The number of amides is 1. The van der Waals surface area contributed by atoms with Crippen LogP contribution in [0.15, 0.2) is 24.3 Å². The van der Waals surface area contributed by atoms with Crippen LogP contribution in [-0.4, -0.2) is 41.9 Å². The van der Waals surface area contributed by atoms with Gasteiger partial charge < -0.3 is 4.90 Å². The summed E-state index contributed by atoms with van der Waals surface area (Å²) >= 11 is 6.18. The molecule has 4 nitrogen and oxygen atoms in total. The van der Waals surface area contributed by atoms with E-state index >= 15 is 0 Å². The van der Waals surface area contributed by atoms with Crippen molar-refractivity contribution in [3.8, 4) is 0 Å². The first-order chi connectivity index (χ1) is 11.1. The second kappa shape index (κ2) is 7.60. The van der Waals surface area contributed by atoms with Crippen LogP contribution in [0.5, 0.6) is 0 Å². The van der Waals surface area contributed by atoms with Crippen molar-refractivity contribution in [2.24, 2.45) is 5.92 Å². The van der Waals surface area contributed by atoms with Gasteiger partial charge in [-0.3, -0.25) is 10.2 Å². The molecule has 3 rings (SSSR count). The maximum absolute atomic E-state index is 12.9. The third-order valence-corrected chi connectivity index (χ3v) is 5.17. The molecular formula is C17H23ClFN3O. The molecule has 23 heavy (non-hydrogen) atoms. The lowest BCUT2D eigenvalue weighted by molar-refractivity contribution is -0.134. The third kappa shape index (κ3) is 4.22. The molecule has 1 amide bonds. The van der Waals surface area contributed by atoms with Crippen molar-refractivity contribution in [2.45, 2.75) is 37.1 Å². The maximum atomic E-state index is 12.9. The quantitative estimate of drug-likeness (QED) is 0.826. The highest BCUT2D eigenvalue weighted by Crippen LogP contribution is 2.23. The topological polar surface area (TPSA) is 44.4 Å². The van der Waals surface area contributed by atoms with Crippen molar-refractivity contribution in [1.29, 1.82) is 0 Å². The minimum Gasteiger partial charge on any atom is -0.341 e. The van der Waals surface area contributed by atoms with E-state index in [1.807, 2.05) is 17.0 Å². The van der Waals surface area contributed by atoms with Crippen LogP contribution < -0.4 is 10.9 Å². The van der Waals surface area contributed by atoms with E-state index in [4.69, 9.17) is 11.6 Å². The molecule has 0 radical (unpaired) electrons. The summed E-state index contributed by atoms with van der Waals surface area (Å²) in [5.74, 6) is 0.402. The molecule has 1 aromatic carbocycles. The summed E-state index contributed by atoms with van der Waals surface area (Å²) in [6.45, 7) is 2.22. The van der Waals surface area contributed by atoms with E-state index in [0.29, 0.717) is 12.5 Å². The van der Waals surface area contributed by atoms with Crippen molar-refractivity contribution >= 4 is 17.5 Å². The SMILES string of the molecule is O=C(C1NNCC1Cl)N1CCCC(CCc2ccc(F)cc2)C1. The molecule has 2 fully saturated rings. The number of piperidine rings is 1. The van der Waals surface area contributed by atoms with Crippen molar-refractivity contribution in [3.05, 3.63) is 35.6 Å². The van der Waals surface area contributed by atoms with Gasteiger partial charge in [-0.2, -0.15) is 0 Å². The molecule has 2 aliphatic heterocycles.